The van der Waals surface area contributed by atoms with Crippen molar-refractivity contribution in [2.24, 2.45) is 0 Å². The van der Waals surface area contributed by atoms with Crippen LogP contribution in [0.3, 0.4) is 0 Å². The largest absolute Gasteiger partial charge is 0.302 e. The van der Waals surface area contributed by atoms with Crippen LogP contribution in [0.15, 0.2) is 128 Å². The molecule has 200 valence electrons. The molecule has 9 aromatic rings. The normalized spacial score (nSPS) is 13.4. The third-order valence-corrected chi connectivity index (χ3v) is 9.82. The van der Waals surface area contributed by atoms with Gasteiger partial charge in [0.25, 0.3) is 0 Å². The Morgan fingerprint density at radius 2 is 0.727 bits per heavy atom. The van der Waals surface area contributed by atoms with Crippen LogP contribution in [-0.4, -0.2) is 21.7 Å². The molecule has 0 unspecified atom stereocenters. The van der Waals surface area contributed by atoms with E-state index in [0.717, 1.165) is 49.8 Å². The van der Waals surface area contributed by atoms with E-state index in [0.29, 0.717) is 0 Å². The molecule has 3 aromatic heterocycles. The van der Waals surface area contributed by atoms with Gasteiger partial charge in [0.1, 0.15) is 0 Å². The second-order valence-corrected chi connectivity index (χ2v) is 12.0. The summed E-state index contributed by atoms with van der Waals surface area (Å²) in [5, 5.41) is 10.7. The summed E-state index contributed by atoms with van der Waals surface area (Å²) in [5.74, 6) is 0. The van der Waals surface area contributed by atoms with Gasteiger partial charge >= 0.3 is 0 Å². The number of benzene rings is 6. The van der Waals surface area contributed by atoms with Gasteiger partial charge in [-0.2, -0.15) is 0 Å². The molecule has 0 atom stereocenters. The summed E-state index contributed by atoms with van der Waals surface area (Å²) in [6.45, 7) is -0.00622. The highest BCUT2D eigenvalue weighted by Crippen LogP contribution is 2.52. The number of nitrogens with zero attached hydrogens (tertiary/aromatic N) is 4. The van der Waals surface area contributed by atoms with E-state index in [9.17, 15) is 0 Å². The molecule has 0 saturated heterocycles. The van der Waals surface area contributed by atoms with E-state index in [1.54, 1.807) is 0 Å². The topological polar surface area (TPSA) is 41.9 Å². The monoisotopic (exact) mass is 556 g/mol. The second-order valence-electron chi connectivity index (χ2n) is 12.0. The van der Waals surface area contributed by atoms with Crippen molar-refractivity contribution in [3.8, 4) is 0 Å². The number of hydrogen-bond donors (Lipinski definition) is 0. The average molecular weight is 556 g/mol. The van der Waals surface area contributed by atoms with E-state index in [1.165, 1.54) is 48.7 Å². The van der Waals surface area contributed by atoms with Crippen LogP contribution in [0, 0.1) is 0 Å². The lowest BCUT2D eigenvalue weighted by atomic mass is 9.34. The third kappa shape index (κ3) is 2.69. The molecule has 0 N–H and O–H groups in total. The van der Waals surface area contributed by atoms with Crippen molar-refractivity contribution in [2.75, 3.05) is 4.90 Å². The van der Waals surface area contributed by atoms with Crippen molar-refractivity contribution in [3.63, 3.8) is 0 Å². The van der Waals surface area contributed by atoms with Crippen LogP contribution in [0.1, 0.15) is 0 Å². The number of pyridine rings is 3. The van der Waals surface area contributed by atoms with Crippen LogP contribution < -0.4 is 21.3 Å². The third-order valence-electron chi connectivity index (χ3n) is 9.82. The summed E-state index contributed by atoms with van der Waals surface area (Å²) < 4.78 is 0. The molecule has 3 aliphatic rings. The highest BCUT2D eigenvalue weighted by molar-refractivity contribution is 7.00. The Labute approximate surface area is 252 Å². The molecular formula is C39H21BN4. The molecule has 0 saturated carbocycles. The maximum absolute atomic E-state index is 5.11. The second kappa shape index (κ2) is 7.97. The zero-order valence-corrected chi connectivity index (χ0v) is 23.5. The Balaban J connectivity index is 1.54. The minimum atomic E-state index is -0.00622. The Morgan fingerprint density at radius 1 is 0.386 bits per heavy atom. The van der Waals surface area contributed by atoms with Crippen molar-refractivity contribution >= 4 is 105 Å². The van der Waals surface area contributed by atoms with Gasteiger partial charge in [0.2, 0.25) is 6.71 Å². The first-order chi connectivity index (χ1) is 21.8. The summed E-state index contributed by atoms with van der Waals surface area (Å²) >= 11 is 0. The van der Waals surface area contributed by atoms with Gasteiger partial charge < -0.3 is 4.90 Å². The Morgan fingerprint density at radius 3 is 1.09 bits per heavy atom. The maximum Gasteiger partial charge on any atom is 0.243 e. The molecular weight excluding hydrogens is 535 g/mol. The summed E-state index contributed by atoms with van der Waals surface area (Å²) in [6.07, 6.45) is 5.76. The van der Waals surface area contributed by atoms with Crippen LogP contribution in [0.4, 0.5) is 17.1 Å². The van der Waals surface area contributed by atoms with E-state index in [2.05, 4.69) is 95.9 Å². The molecule has 3 aliphatic heterocycles. The fourth-order valence-electron chi connectivity index (χ4n) is 8.21. The van der Waals surface area contributed by atoms with E-state index < -0.39 is 0 Å². The standard InChI is InChI=1S/C39H21BN4/c1-7-22-19-25-10-4-16-41-34(25)37-31(22)28(13-1)40-29-14-2-8-23-20-26-11-5-17-42-35(26)38(32(23)29)44(37)39-33-24(9-3-15-30(33)40)21-27-12-6-18-43-36(27)39/h1-21H. The molecule has 12 rings (SSSR count). The Bertz CT molecular complexity index is 2450. The number of hydrogen-bond acceptors (Lipinski definition) is 4. The lowest BCUT2D eigenvalue weighted by Gasteiger charge is -2.38. The number of fused-ring (bicyclic) bond motifs is 3. The molecule has 6 heterocycles. The van der Waals surface area contributed by atoms with Crippen molar-refractivity contribution in [1.29, 1.82) is 0 Å². The van der Waals surface area contributed by atoms with E-state index in [-0.39, 0.29) is 6.71 Å². The minimum Gasteiger partial charge on any atom is -0.302 e. The first-order valence-corrected chi connectivity index (χ1v) is 15.1. The summed E-state index contributed by atoms with van der Waals surface area (Å²) in [5.41, 5.74) is 10.1. The van der Waals surface area contributed by atoms with E-state index in [1.807, 2.05) is 36.8 Å². The van der Waals surface area contributed by atoms with Crippen molar-refractivity contribution in [1.82, 2.24) is 15.0 Å². The van der Waals surface area contributed by atoms with Gasteiger partial charge in [0.05, 0.1) is 33.6 Å². The molecule has 6 aromatic carbocycles. The van der Waals surface area contributed by atoms with E-state index >= 15 is 0 Å². The quantitative estimate of drug-likeness (QED) is 0.144. The Hall–Kier alpha value is -5.81. The molecule has 0 radical (unpaired) electrons. The fraction of sp³-hybridized carbons (Fsp3) is 0. The van der Waals surface area contributed by atoms with Gasteiger partial charge in [-0.05, 0) is 52.6 Å². The minimum absolute atomic E-state index is 0.00622. The molecule has 44 heavy (non-hydrogen) atoms. The van der Waals surface area contributed by atoms with Gasteiger partial charge in [-0.15, -0.1) is 0 Å². The molecule has 2 bridgehead atoms. The van der Waals surface area contributed by atoms with E-state index in [4.69, 9.17) is 15.0 Å². The summed E-state index contributed by atoms with van der Waals surface area (Å²) in [6, 6.07) is 39.9. The van der Waals surface area contributed by atoms with Gasteiger partial charge in [0.15, 0.2) is 0 Å². The smallest absolute Gasteiger partial charge is 0.243 e. The molecule has 0 amide bonds. The summed E-state index contributed by atoms with van der Waals surface area (Å²) in [4.78, 5) is 17.8. The average Bonchev–Trinajstić information content (AvgIpc) is 3.06. The zero-order chi connectivity index (χ0) is 28.5. The van der Waals surface area contributed by atoms with Crippen molar-refractivity contribution < 1.29 is 0 Å². The number of aromatic nitrogens is 3. The lowest BCUT2D eigenvalue weighted by molar-refractivity contribution is 1.30. The fourth-order valence-corrected chi connectivity index (χ4v) is 8.21. The molecule has 5 heteroatoms. The van der Waals surface area contributed by atoms with Crippen molar-refractivity contribution in [2.45, 2.75) is 0 Å². The van der Waals surface area contributed by atoms with Gasteiger partial charge in [-0.25, -0.2) is 0 Å². The van der Waals surface area contributed by atoms with Gasteiger partial charge in [-0.3, -0.25) is 15.0 Å². The zero-order valence-electron chi connectivity index (χ0n) is 23.5. The SMILES string of the molecule is c1cnc2c3c4c(cccc4cc2c1)B1c2cccc4cc5cccnc5c(c24)N3c2c3ncccc3cc3cccc1c23. The van der Waals surface area contributed by atoms with Crippen LogP contribution in [0.25, 0.3) is 65.0 Å². The Kier molecular flexibility index (Phi) is 4.12. The first-order valence-electron chi connectivity index (χ1n) is 15.1. The van der Waals surface area contributed by atoms with Crippen LogP contribution in [-0.2, 0) is 0 Å². The first kappa shape index (κ1) is 22.7. The van der Waals surface area contributed by atoms with Crippen LogP contribution >= 0.6 is 0 Å². The molecule has 0 spiro atoms. The maximum atomic E-state index is 5.11. The van der Waals surface area contributed by atoms with Crippen LogP contribution in [0.5, 0.6) is 0 Å². The van der Waals surface area contributed by atoms with Crippen LogP contribution in [0.2, 0.25) is 0 Å². The lowest BCUT2D eigenvalue weighted by Crippen LogP contribution is -2.54. The van der Waals surface area contributed by atoms with Gasteiger partial charge in [-0.1, -0.05) is 89.2 Å². The predicted octanol–water partition coefficient (Wildman–Crippen LogP) is 7.40. The summed E-state index contributed by atoms with van der Waals surface area (Å²) in [7, 11) is 0. The molecule has 0 aliphatic carbocycles. The number of anilines is 3. The number of rotatable bonds is 0. The predicted molar refractivity (Wildman–Crippen MR) is 184 cm³/mol. The molecule has 0 fully saturated rings. The molecule has 4 nitrogen and oxygen atoms in total. The van der Waals surface area contributed by atoms with Gasteiger partial charge in [0, 0.05) is 50.9 Å². The highest BCUT2D eigenvalue weighted by Gasteiger charge is 2.39. The highest BCUT2D eigenvalue weighted by atomic mass is 15.2. The van der Waals surface area contributed by atoms with Crippen molar-refractivity contribution in [3.05, 3.63) is 128 Å².